The number of halogens is 1. The second-order valence-electron chi connectivity index (χ2n) is 7.61. The van der Waals surface area contributed by atoms with Gasteiger partial charge in [0.25, 0.3) is 0 Å². The van der Waals surface area contributed by atoms with E-state index < -0.39 is 5.25 Å². The number of thioether (sulfide) groups is 1. The standard InChI is InChI=1S/C22H22ClN5O3S/c1-14(20(29)24-16-7-8-18-19(12-16)31-13-30-18)32-22-26-25-21(27-9-2-3-10-27)28(22)17-6-4-5-15(23)11-17/h4-8,11-12,14H,2-3,9-10,13H2,1H3,(H,24,29)/t14-/m1/s1. The van der Waals surface area contributed by atoms with Crippen LogP contribution in [0.25, 0.3) is 5.69 Å². The highest BCUT2D eigenvalue weighted by Gasteiger charge is 2.25. The first kappa shape index (κ1) is 21.0. The smallest absolute Gasteiger partial charge is 0.237 e. The Hall–Kier alpha value is -2.91. The summed E-state index contributed by atoms with van der Waals surface area (Å²) in [6.07, 6.45) is 2.25. The summed E-state index contributed by atoms with van der Waals surface area (Å²) in [6, 6.07) is 12.9. The van der Waals surface area contributed by atoms with Gasteiger partial charge in [-0.1, -0.05) is 29.4 Å². The van der Waals surface area contributed by atoms with E-state index in [9.17, 15) is 4.79 Å². The number of amides is 1. The highest BCUT2D eigenvalue weighted by atomic mass is 35.5. The van der Waals surface area contributed by atoms with E-state index in [1.165, 1.54) is 11.8 Å². The topological polar surface area (TPSA) is 81.5 Å². The van der Waals surface area contributed by atoms with Crippen molar-refractivity contribution < 1.29 is 14.3 Å². The first-order valence-corrected chi connectivity index (χ1v) is 11.7. The van der Waals surface area contributed by atoms with Gasteiger partial charge in [0.15, 0.2) is 16.7 Å². The zero-order valence-corrected chi connectivity index (χ0v) is 19.0. The third-order valence-electron chi connectivity index (χ3n) is 5.36. The zero-order valence-electron chi connectivity index (χ0n) is 17.5. The predicted molar refractivity (Wildman–Crippen MR) is 124 cm³/mol. The van der Waals surface area contributed by atoms with Gasteiger partial charge >= 0.3 is 0 Å². The fourth-order valence-corrected chi connectivity index (χ4v) is 4.78. The molecule has 8 nitrogen and oxygen atoms in total. The molecule has 32 heavy (non-hydrogen) atoms. The molecule has 5 rings (SSSR count). The van der Waals surface area contributed by atoms with Crippen molar-refractivity contribution in [1.29, 1.82) is 0 Å². The van der Waals surface area contributed by atoms with Crippen LogP contribution < -0.4 is 19.7 Å². The Labute approximate surface area is 194 Å². The maximum absolute atomic E-state index is 12.9. The number of benzene rings is 2. The summed E-state index contributed by atoms with van der Waals surface area (Å²) in [5.74, 6) is 1.93. The molecule has 3 heterocycles. The predicted octanol–water partition coefficient (Wildman–Crippen LogP) is 4.37. The third kappa shape index (κ3) is 4.22. The lowest BCUT2D eigenvalue weighted by atomic mass is 10.2. The Morgan fingerprint density at radius 2 is 1.94 bits per heavy atom. The van der Waals surface area contributed by atoms with Crippen LogP contribution in [0.15, 0.2) is 47.6 Å². The van der Waals surface area contributed by atoms with Crippen molar-refractivity contribution in [2.45, 2.75) is 30.2 Å². The van der Waals surface area contributed by atoms with Crippen molar-refractivity contribution >= 4 is 40.9 Å². The second kappa shape index (κ2) is 8.91. The van der Waals surface area contributed by atoms with Crippen LogP contribution in [-0.4, -0.2) is 45.8 Å². The number of hydrogen-bond donors (Lipinski definition) is 1. The van der Waals surface area contributed by atoms with E-state index in [1.807, 2.05) is 35.8 Å². The number of carbonyl (C=O) groups excluding carboxylic acids is 1. The van der Waals surface area contributed by atoms with E-state index in [2.05, 4.69) is 20.4 Å². The minimum atomic E-state index is -0.408. The van der Waals surface area contributed by atoms with Crippen molar-refractivity contribution in [3.63, 3.8) is 0 Å². The Bertz CT molecular complexity index is 1150. The molecule has 0 aliphatic carbocycles. The molecule has 0 radical (unpaired) electrons. The molecule has 1 aromatic heterocycles. The fourth-order valence-electron chi connectivity index (χ4n) is 3.73. The quantitative estimate of drug-likeness (QED) is 0.534. The van der Waals surface area contributed by atoms with Crippen LogP contribution in [0, 0.1) is 0 Å². The summed E-state index contributed by atoms with van der Waals surface area (Å²) in [7, 11) is 0. The number of ether oxygens (including phenoxy) is 2. The number of nitrogens with one attached hydrogen (secondary N) is 1. The molecule has 0 saturated carbocycles. The van der Waals surface area contributed by atoms with Crippen LogP contribution in [0.5, 0.6) is 11.5 Å². The summed E-state index contributed by atoms with van der Waals surface area (Å²) < 4.78 is 12.7. The average molecular weight is 472 g/mol. The number of nitrogens with zero attached hydrogens (tertiary/aromatic N) is 4. The van der Waals surface area contributed by atoms with Crippen LogP contribution in [0.2, 0.25) is 5.02 Å². The molecule has 0 unspecified atom stereocenters. The minimum Gasteiger partial charge on any atom is -0.454 e. The molecule has 166 valence electrons. The number of hydrogen-bond acceptors (Lipinski definition) is 7. The van der Waals surface area contributed by atoms with Gasteiger partial charge in [0.05, 0.1) is 10.9 Å². The van der Waals surface area contributed by atoms with Crippen LogP contribution in [0.4, 0.5) is 11.6 Å². The SMILES string of the molecule is C[C@@H](Sc1nnc(N2CCCC2)n1-c1cccc(Cl)c1)C(=O)Nc1ccc2c(c1)OCO2. The van der Waals surface area contributed by atoms with Crippen molar-refractivity contribution in [2.24, 2.45) is 0 Å². The third-order valence-corrected chi connectivity index (χ3v) is 6.64. The van der Waals surface area contributed by atoms with Crippen molar-refractivity contribution in [3.8, 4) is 17.2 Å². The summed E-state index contributed by atoms with van der Waals surface area (Å²) in [4.78, 5) is 15.1. The number of anilines is 2. The van der Waals surface area contributed by atoms with Gasteiger partial charge in [-0.15, -0.1) is 10.2 Å². The molecule has 1 saturated heterocycles. The van der Waals surface area contributed by atoms with Gasteiger partial charge < -0.3 is 19.7 Å². The molecule has 3 aromatic rings. The Morgan fingerprint density at radius 3 is 2.75 bits per heavy atom. The maximum atomic E-state index is 12.9. The van der Waals surface area contributed by atoms with Crippen LogP contribution in [0.1, 0.15) is 19.8 Å². The number of rotatable bonds is 6. The Kier molecular flexibility index (Phi) is 5.84. The highest BCUT2D eigenvalue weighted by Crippen LogP contribution is 2.35. The molecule has 1 atom stereocenters. The second-order valence-corrected chi connectivity index (χ2v) is 9.35. The van der Waals surface area contributed by atoms with E-state index >= 15 is 0 Å². The molecule has 10 heteroatoms. The largest absolute Gasteiger partial charge is 0.454 e. The van der Waals surface area contributed by atoms with Crippen molar-refractivity contribution in [3.05, 3.63) is 47.5 Å². The van der Waals surface area contributed by atoms with E-state index in [4.69, 9.17) is 21.1 Å². The van der Waals surface area contributed by atoms with Gasteiger partial charge in [-0.05, 0) is 50.1 Å². The molecule has 1 amide bonds. The summed E-state index contributed by atoms with van der Waals surface area (Å²) in [5.41, 5.74) is 1.52. The lowest BCUT2D eigenvalue weighted by Gasteiger charge is -2.19. The molecule has 1 N–H and O–H groups in total. The van der Waals surface area contributed by atoms with Gasteiger partial charge in [0.2, 0.25) is 18.6 Å². The molecule has 2 aromatic carbocycles. The van der Waals surface area contributed by atoms with E-state index in [0.717, 1.165) is 37.6 Å². The number of carbonyl (C=O) groups is 1. The summed E-state index contributed by atoms with van der Waals surface area (Å²) >= 11 is 7.61. The highest BCUT2D eigenvalue weighted by molar-refractivity contribution is 8.00. The van der Waals surface area contributed by atoms with Gasteiger partial charge in [-0.3, -0.25) is 9.36 Å². The summed E-state index contributed by atoms with van der Waals surface area (Å²) in [5, 5.41) is 12.7. The first-order chi connectivity index (χ1) is 15.6. The lowest BCUT2D eigenvalue weighted by molar-refractivity contribution is -0.115. The fraction of sp³-hybridized carbons (Fsp3) is 0.318. The Morgan fingerprint density at radius 1 is 1.12 bits per heavy atom. The molecule has 2 aliphatic heterocycles. The average Bonchev–Trinajstić information content (AvgIpc) is 3.53. The minimum absolute atomic E-state index is 0.141. The van der Waals surface area contributed by atoms with Crippen molar-refractivity contribution in [2.75, 3.05) is 30.1 Å². The van der Waals surface area contributed by atoms with Crippen LogP contribution >= 0.6 is 23.4 Å². The zero-order chi connectivity index (χ0) is 22.1. The molecular formula is C22H22ClN5O3S. The van der Waals surface area contributed by atoms with E-state index in [0.29, 0.717) is 27.4 Å². The number of fused-ring (bicyclic) bond motifs is 1. The van der Waals surface area contributed by atoms with E-state index in [-0.39, 0.29) is 12.7 Å². The molecular weight excluding hydrogens is 450 g/mol. The monoisotopic (exact) mass is 471 g/mol. The molecule has 1 fully saturated rings. The van der Waals surface area contributed by atoms with Crippen LogP contribution in [0.3, 0.4) is 0 Å². The number of aromatic nitrogens is 3. The van der Waals surface area contributed by atoms with Gasteiger partial charge in [-0.25, -0.2) is 0 Å². The first-order valence-electron chi connectivity index (χ1n) is 10.4. The van der Waals surface area contributed by atoms with Crippen molar-refractivity contribution in [1.82, 2.24) is 14.8 Å². The van der Waals surface area contributed by atoms with Gasteiger partial charge in [0, 0.05) is 29.9 Å². The molecule has 0 bridgehead atoms. The Balaban J connectivity index is 1.37. The summed E-state index contributed by atoms with van der Waals surface area (Å²) in [6.45, 7) is 3.91. The van der Waals surface area contributed by atoms with Gasteiger partial charge in [0.1, 0.15) is 0 Å². The van der Waals surface area contributed by atoms with E-state index in [1.54, 1.807) is 18.2 Å². The van der Waals surface area contributed by atoms with Gasteiger partial charge in [-0.2, -0.15) is 0 Å². The maximum Gasteiger partial charge on any atom is 0.237 e. The lowest BCUT2D eigenvalue weighted by Crippen LogP contribution is -2.24. The molecule has 2 aliphatic rings. The molecule has 0 spiro atoms. The van der Waals surface area contributed by atoms with Crippen LogP contribution in [-0.2, 0) is 4.79 Å². The normalized spacial score (nSPS) is 15.8.